The zero-order valence-corrected chi connectivity index (χ0v) is 10.5. The SMILES string of the molecule is COC(=O)c1ccc(CNC2(C)CCCC2)[nH]1. The largest absolute Gasteiger partial charge is 0.464 e. The third kappa shape index (κ3) is 2.88. The van der Waals surface area contributed by atoms with Crippen molar-refractivity contribution < 1.29 is 9.53 Å². The Morgan fingerprint density at radius 1 is 1.47 bits per heavy atom. The smallest absolute Gasteiger partial charge is 0.354 e. The summed E-state index contributed by atoms with van der Waals surface area (Å²) in [4.78, 5) is 14.3. The Bertz CT molecular complexity index is 392. The molecule has 1 aromatic rings. The number of methoxy groups -OCH3 is 1. The molecule has 1 heterocycles. The average molecular weight is 236 g/mol. The van der Waals surface area contributed by atoms with Gasteiger partial charge < -0.3 is 15.0 Å². The zero-order chi connectivity index (χ0) is 12.3. The maximum absolute atomic E-state index is 11.3. The fraction of sp³-hybridized carbons (Fsp3) is 0.615. The number of esters is 1. The van der Waals surface area contributed by atoms with Crippen molar-refractivity contribution in [3.63, 3.8) is 0 Å². The second-order valence-corrected chi connectivity index (χ2v) is 5.01. The molecule has 0 radical (unpaired) electrons. The Morgan fingerprint density at radius 2 is 2.18 bits per heavy atom. The minimum Gasteiger partial charge on any atom is -0.464 e. The number of hydrogen-bond acceptors (Lipinski definition) is 3. The topological polar surface area (TPSA) is 54.1 Å². The summed E-state index contributed by atoms with van der Waals surface area (Å²) < 4.78 is 4.66. The average Bonchev–Trinajstić information content (AvgIpc) is 2.95. The molecule has 0 unspecified atom stereocenters. The molecule has 1 saturated carbocycles. The van der Waals surface area contributed by atoms with E-state index in [4.69, 9.17) is 0 Å². The molecule has 0 bridgehead atoms. The van der Waals surface area contributed by atoms with Crippen LogP contribution in [-0.4, -0.2) is 23.6 Å². The molecular formula is C13H20N2O2. The van der Waals surface area contributed by atoms with Crippen LogP contribution in [0.15, 0.2) is 12.1 Å². The summed E-state index contributed by atoms with van der Waals surface area (Å²) in [6.07, 6.45) is 5.08. The predicted molar refractivity (Wildman–Crippen MR) is 65.8 cm³/mol. The van der Waals surface area contributed by atoms with Gasteiger partial charge in [-0.3, -0.25) is 0 Å². The van der Waals surface area contributed by atoms with Gasteiger partial charge in [0.2, 0.25) is 0 Å². The maximum Gasteiger partial charge on any atom is 0.354 e. The van der Waals surface area contributed by atoms with Gasteiger partial charge in [-0.1, -0.05) is 12.8 Å². The molecular weight excluding hydrogens is 216 g/mol. The molecule has 1 aromatic heterocycles. The fourth-order valence-electron chi connectivity index (χ4n) is 2.41. The molecule has 1 aliphatic rings. The summed E-state index contributed by atoms with van der Waals surface area (Å²) in [6.45, 7) is 3.04. The van der Waals surface area contributed by atoms with Crippen molar-refractivity contribution in [2.45, 2.75) is 44.7 Å². The number of hydrogen-bond donors (Lipinski definition) is 2. The number of ether oxygens (including phenoxy) is 1. The van der Waals surface area contributed by atoms with E-state index in [1.165, 1.54) is 32.8 Å². The molecule has 4 heteroatoms. The third-order valence-electron chi connectivity index (χ3n) is 3.56. The molecule has 0 spiro atoms. The molecule has 0 aliphatic heterocycles. The highest BCUT2D eigenvalue weighted by molar-refractivity contribution is 5.87. The summed E-state index contributed by atoms with van der Waals surface area (Å²) in [5, 5.41) is 3.56. The Morgan fingerprint density at radius 3 is 2.82 bits per heavy atom. The number of carbonyl (C=O) groups is 1. The Hall–Kier alpha value is -1.29. The van der Waals surface area contributed by atoms with Gasteiger partial charge in [-0.15, -0.1) is 0 Å². The molecule has 0 saturated heterocycles. The van der Waals surface area contributed by atoms with Crippen LogP contribution in [0.3, 0.4) is 0 Å². The molecule has 2 N–H and O–H groups in total. The van der Waals surface area contributed by atoms with Crippen molar-refractivity contribution >= 4 is 5.97 Å². The Labute approximate surface area is 102 Å². The van der Waals surface area contributed by atoms with Gasteiger partial charge in [0, 0.05) is 17.8 Å². The minimum atomic E-state index is -0.316. The molecule has 1 fully saturated rings. The molecule has 0 aromatic carbocycles. The Balaban J connectivity index is 1.91. The standard InChI is InChI=1S/C13H20N2O2/c1-13(7-3-4-8-13)14-9-10-5-6-11(15-10)12(16)17-2/h5-6,14-15H,3-4,7-9H2,1-2H3. The number of carbonyl (C=O) groups excluding carboxylic acids is 1. The second kappa shape index (κ2) is 4.92. The zero-order valence-electron chi connectivity index (χ0n) is 10.5. The minimum absolute atomic E-state index is 0.260. The van der Waals surface area contributed by atoms with Crippen LogP contribution in [0.4, 0.5) is 0 Å². The predicted octanol–water partition coefficient (Wildman–Crippen LogP) is 2.22. The van der Waals surface area contributed by atoms with Gasteiger partial charge in [-0.2, -0.15) is 0 Å². The number of aromatic nitrogens is 1. The fourth-order valence-corrected chi connectivity index (χ4v) is 2.41. The van der Waals surface area contributed by atoms with Crippen LogP contribution >= 0.6 is 0 Å². The van der Waals surface area contributed by atoms with E-state index in [9.17, 15) is 4.79 Å². The Kier molecular flexibility index (Phi) is 3.52. The third-order valence-corrected chi connectivity index (χ3v) is 3.56. The van der Waals surface area contributed by atoms with Crippen molar-refractivity contribution in [3.8, 4) is 0 Å². The van der Waals surface area contributed by atoms with Gasteiger partial charge in [0.05, 0.1) is 7.11 Å². The first-order valence-corrected chi connectivity index (χ1v) is 6.14. The number of nitrogens with one attached hydrogen (secondary N) is 2. The first kappa shape index (κ1) is 12.2. The van der Waals surface area contributed by atoms with Crippen LogP contribution in [-0.2, 0) is 11.3 Å². The summed E-state index contributed by atoms with van der Waals surface area (Å²) in [5.41, 5.74) is 1.80. The van der Waals surface area contributed by atoms with Crippen LogP contribution in [0.5, 0.6) is 0 Å². The van der Waals surface area contributed by atoms with Crippen molar-refractivity contribution in [2.24, 2.45) is 0 Å². The number of H-pyrrole nitrogens is 1. The molecule has 0 amide bonds. The number of aromatic amines is 1. The van der Waals surface area contributed by atoms with Crippen molar-refractivity contribution in [2.75, 3.05) is 7.11 Å². The molecule has 4 nitrogen and oxygen atoms in total. The maximum atomic E-state index is 11.3. The molecule has 17 heavy (non-hydrogen) atoms. The first-order chi connectivity index (χ1) is 8.13. The van der Waals surface area contributed by atoms with Crippen LogP contribution in [0.1, 0.15) is 48.8 Å². The molecule has 94 valence electrons. The highest BCUT2D eigenvalue weighted by Gasteiger charge is 2.27. The number of rotatable bonds is 4. The van der Waals surface area contributed by atoms with Crippen molar-refractivity contribution in [1.82, 2.24) is 10.3 Å². The molecule has 2 rings (SSSR count). The quantitative estimate of drug-likeness (QED) is 0.788. The lowest BCUT2D eigenvalue weighted by Gasteiger charge is -2.25. The summed E-state index contributed by atoms with van der Waals surface area (Å²) >= 11 is 0. The van der Waals surface area contributed by atoms with Crippen LogP contribution in [0.2, 0.25) is 0 Å². The summed E-state index contributed by atoms with van der Waals surface area (Å²) in [6, 6.07) is 3.69. The monoisotopic (exact) mass is 236 g/mol. The van der Waals surface area contributed by atoms with Crippen LogP contribution < -0.4 is 5.32 Å². The van der Waals surface area contributed by atoms with Gasteiger partial charge >= 0.3 is 5.97 Å². The van der Waals surface area contributed by atoms with E-state index in [1.54, 1.807) is 6.07 Å². The highest BCUT2D eigenvalue weighted by atomic mass is 16.5. The normalized spacial score (nSPS) is 18.2. The van der Waals surface area contributed by atoms with E-state index in [0.717, 1.165) is 12.2 Å². The second-order valence-electron chi connectivity index (χ2n) is 5.01. The van der Waals surface area contributed by atoms with E-state index in [-0.39, 0.29) is 11.5 Å². The lowest BCUT2D eigenvalue weighted by atomic mass is 10.0. The molecule has 0 atom stereocenters. The van der Waals surface area contributed by atoms with Gasteiger partial charge in [0.15, 0.2) is 0 Å². The van der Waals surface area contributed by atoms with Crippen LogP contribution in [0.25, 0.3) is 0 Å². The van der Waals surface area contributed by atoms with E-state index in [2.05, 4.69) is 22.0 Å². The van der Waals surface area contributed by atoms with Crippen LogP contribution in [0, 0.1) is 0 Å². The van der Waals surface area contributed by atoms with Gasteiger partial charge in [0.1, 0.15) is 5.69 Å². The first-order valence-electron chi connectivity index (χ1n) is 6.14. The van der Waals surface area contributed by atoms with E-state index < -0.39 is 0 Å². The lowest BCUT2D eigenvalue weighted by Crippen LogP contribution is -2.38. The van der Waals surface area contributed by atoms with Gasteiger partial charge in [0.25, 0.3) is 0 Å². The van der Waals surface area contributed by atoms with Gasteiger partial charge in [-0.25, -0.2) is 4.79 Å². The van der Waals surface area contributed by atoms with E-state index >= 15 is 0 Å². The van der Waals surface area contributed by atoms with Crippen molar-refractivity contribution in [3.05, 3.63) is 23.5 Å². The van der Waals surface area contributed by atoms with E-state index in [1.807, 2.05) is 6.07 Å². The lowest BCUT2D eigenvalue weighted by molar-refractivity contribution is 0.0594. The highest BCUT2D eigenvalue weighted by Crippen LogP contribution is 2.29. The summed E-state index contributed by atoms with van der Waals surface area (Å²) in [7, 11) is 1.39. The van der Waals surface area contributed by atoms with Gasteiger partial charge in [-0.05, 0) is 31.9 Å². The summed E-state index contributed by atoms with van der Waals surface area (Å²) in [5.74, 6) is -0.316. The molecule has 1 aliphatic carbocycles. The van der Waals surface area contributed by atoms with Crippen molar-refractivity contribution in [1.29, 1.82) is 0 Å². The van der Waals surface area contributed by atoms with E-state index in [0.29, 0.717) is 5.69 Å².